The smallest absolute Gasteiger partial charge is 0.257 e. The third kappa shape index (κ3) is 7.93. The Morgan fingerprint density at radius 2 is 1.93 bits per heavy atom. The number of nitrogens with zero attached hydrogens (tertiary/aromatic N) is 3. The van der Waals surface area contributed by atoms with Crippen molar-refractivity contribution in [3.8, 4) is 5.75 Å². The van der Waals surface area contributed by atoms with Crippen LogP contribution < -0.4 is 20.7 Å². The van der Waals surface area contributed by atoms with Gasteiger partial charge in [0.25, 0.3) is 11.8 Å². The summed E-state index contributed by atoms with van der Waals surface area (Å²) in [5.74, 6) is -0.430. The first kappa shape index (κ1) is 31.1. The molecule has 0 unspecified atom stereocenters. The van der Waals surface area contributed by atoms with Gasteiger partial charge in [-0.1, -0.05) is 12.1 Å². The first-order valence-electron chi connectivity index (χ1n) is 14.2. The molecule has 3 N–H and O–H groups in total. The Labute approximate surface area is 246 Å². The number of carbonyl (C=O) groups excluding carboxylic acids is 2. The van der Waals surface area contributed by atoms with Crippen LogP contribution in [0.3, 0.4) is 0 Å². The Hall–Kier alpha value is -3.80. The lowest BCUT2D eigenvalue weighted by atomic mass is 10.0. The second-order valence-electron chi connectivity index (χ2n) is 11.0. The van der Waals surface area contributed by atoms with Gasteiger partial charge in [0.15, 0.2) is 5.82 Å². The standard InChI is InChI=1S/C31H41FN6O4/c1-19-7-8-23(14-26(19)32)28(18-38-12-10-33-21(3)17-38)42-27-13-20(2)24(31(40)35-29-9-11-37(5)36-29)15-25(27)30(39)34-16-22(4)41-6/h7-9,11,13-15,21-22,28,33H,10,12,16-18H2,1-6H3,(H,34,39)(H,35,36,40)/t21-,22+,28-/m1/s1. The largest absolute Gasteiger partial charge is 0.484 e. The van der Waals surface area contributed by atoms with Crippen molar-refractivity contribution < 1.29 is 23.5 Å². The fraction of sp³-hybridized carbons (Fsp3) is 0.452. The summed E-state index contributed by atoms with van der Waals surface area (Å²) in [5.41, 5.74) is 2.33. The van der Waals surface area contributed by atoms with Crippen LogP contribution in [-0.2, 0) is 11.8 Å². The first-order chi connectivity index (χ1) is 20.0. The molecule has 0 saturated carbocycles. The topological polar surface area (TPSA) is 110 Å². The van der Waals surface area contributed by atoms with Crippen LogP contribution >= 0.6 is 0 Å². The number of piperazine rings is 1. The highest BCUT2D eigenvalue weighted by molar-refractivity contribution is 6.07. The number of ether oxygens (including phenoxy) is 2. The highest BCUT2D eigenvalue weighted by atomic mass is 19.1. The van der Waals surface area contributed by atoms with E-state index in [2.05, 4.69) is 32.9 Å². The van der Waals surface area contributed by atoms with Crippen molar-refractivity contribution in [2.75, 3.05) is 45.2 Å². The molecule has 2 amide bonds. The van der Waals surface area contributed by atoms with Gasteiger partial charge < -0.3 is 25.4 Å². The summed E-state index contributed by atoms with van der Waals surface area (Å²) in [7, 11) is 3.33. The second kappa shape index (κ2) is 13.9. The number of amides is 2. The molecule has 0 aliphatic carbocycles. The van der Waals surface area contributed by atoms with Crippen LogP contribution in [-0.4, -0.2) is 78.5 Å². The van der Waals surface area contributed by atoms with Gasteiger partial charge in [-0.25, -0.2) is 4.39 Å². The average Bonchev–Trinajstić information content (AvgIpc) is 3.36. The van der Waals surface area contributed by atoms with E-state index in [-0.39, 0.29) is 24.0 Å². The van der Waals surface area contributed by atoms with Gasteiger partial charge in [0.05, 0.1) is 11.7 Å². The summed E-state index contributed by atoms with van der Waals surface area (Å²) in [5, 5.41) is 13.3. The fourth-order valence-electron chi connectivity index (χ4n) is 4.87. The summed E-state index contributed by atoms with van der Waals surface area (Å²) < 4.78 is 28.2. The van der Waals surface area contributed by atoms with Crippen LogP contribution in [0.4, 0.5) is 10.2 Å². The lowest BCUT2D eigenvalue weighted by Crippen LogP contribution is -2.50. The minimum atomic E-state index is -0.567. The minimum absolute atomic E-state index is 0.196. The zero-order valence-electron chi connectivity index (χ0n) is 25.2. The molecule has 1 saturated heterocycles. The van der Waals surface area contributed by atoms with E-state index in [1.165, 1.54) is 12.1 Å². The maximum atomic E-state index is 14.7. The Morgan fingerprint density at radius 1 is 1.14 bits per heavy atom. The summed E-state index contributed by atoms with van der Waals surface area (Å²) in [4.78, 5) is 29.0. The SMILES string of the molecule is CO[C@@H](C)CNC(=O)c1cc(C(=O)Nc2ccn(C)n2)c(C)cc1O[C@H](CN1CCN[C@H](C)C1)c1ccc(C)c(F)c1. The molecule has 0 spiro atoms. The molecule has 0 bridgehead atoms. The molecule has 4 rings (SSSR count). The minimum Gasteiger partial charge on any atom is -0.484 e. The number of rotatable bonds is 11. The molecule has 1 aliphatic rings. The predicted octanol–water partition coefficient (Wildman–Crippen LogP) is 3.61. The maximum absolute atomic E-state index is 14.7. The Bertz CT molecular complexity index is 1410. The van der Waals surface area contributed by atoms with E-state index in [0.717, 1.165) is 19.6 Å². The van der Waals surface area contributed by atoms with Gasteiger partial charge in [0, 0.05) is 70.7 Å². The molecule has 42 heavy (non-hydrogen) atoms. The predicted molar refractivity (Wildman–Crippen MR) is 160 cm³/mol. The van der Waals surface area contributed by atoms with E-state index in [1.807, 2.05) is 13.0 Å². The van der Waals surface area contributed by atoms with Crippen LogP contribution in [0.15, 0.2) is 42.6 Å². The van der Waals surface area contributed by atoms with Crippen LogP contribution in [0.2, 0.25) is 0 Å². The number of nitrogens with one attached hydrogen (secondary N) is 3. The molecule has 10 nitrogen and oxygen atoms in total. The molecule has 226 valence electrons. The van der Waals surface area contributed by atoms with Gasteiger partial charge >= 0.3 is 0 Å². The Balaban J connectivity index is 1.70. The van der Waals surface area contributed by atoms with Gasteiger partial charge in [-0.15, -0.1) is 0 Å². The van der Waals surface area contributed by atoms with Gasteiger partial charge in [-0.2, -0.15) is 5.10 Å². The molecular weight excluding hydrogens is 539 g/mol. The number of hydrogen-bond donors (Lipinski definition) is 3. The lowest BCUT2D eigenvalue weighted by molar-refractivity contribution is 0.0854. The van der Waals surface area contributed by atoms with E-state index < -0.39 is 17.9 Å². The fourth-order valence-corrected chi connectivity index (χ4v) is 4.87. The molecule has 3 aromatic rings. The van der Waals surface area contributed by atoms with E-state index in [4.69, 9.17) is 9.47 Å². The molecule has 1 fully saturated rings. The number of aromatic nitrogens is 2. The number of anilines is 1. The highest BCUT2D eigenvalue weighted by Crippen LogP contribution is 2.31. The van der Waals surface area contributed by atoms with E-state index in [0.29, 0.717) is 46.4 Å². The number of aryl methyl sites for hydroxylation is 3. The van der Waals surface area contributed by atoms with Crippen LogP contribution in [0.25, 0.3) is 0 Å². The molecule has 11 heteroatoms. The Morgan fingerprint density at radius 3 is 2.60 bits per heavy atom. The molecular formula is C31H41FN6O4. The van der Waals surface area contributed by atoms with Gasteiger partial charge in [0.2, 0.25) is 0 Å². The van der Waals surface area contributed by atoms with Crippen molar-refractivity contribution in [3.05, 3.63) is 76.2 Å². The highest BCUT2D eigenvalue weighted by Gasteiger charge is 2.26. The van der Waals surface area contributed by atoms with Crippen molar-refractivity contribution in [1.82, 2.24) is 25.3 Å². The lowest BCUT2D eigenvalue weighted by Gasteiger charge is -2.34. The zero-order valence-corrected chi connectivity index (χ0v) is 25.2. The third-order valence-corrected chi connectivity index (χ3v) is 7.44. The summed E-state index contributed by atoms with van der Waals surface area (Å²) >= 11 is 0. The van der Waals surface area contributed by atoms with Gasteiger partial charge in [-0.3, -0.25) is 19.2 Å². The second-order valence-corrected chi connectivity index (χ2v) is 11.0. The molecule has 2 aromatic carbocycles. The van der Waals surface area contributed by atoms with Crippen molar-refractivity contribution in [2.45, 2.75) is 45.9 Å². The van der Waals surface area contributed by atoms with Crippen molar-refractivity contribution >= 4 is 17.6 Å². The molecule has 0 radical (unpaired) electrons. The molecule has 1 aliphatic heterocycles. The van der Waals surface area contributed by atoms with Gasteiger partial charge in [0.1, 0.15) is 17.7 Å². The molecule has 2 heterocycles. The third-order valence-electron chi connectivity index (χ3n) is 7.44. The van der Waals surface area contributed by atoms with Crippen LogP contribution in [0, 0.1) is 19.7 Å². The van der Waals surface area contributed by atoms with Crippen molar-refractivity contribution in [3.63, 3.8) is 0 Å². The van der Waals surface area contributed by atoms with Crippen molar-refractivity contribution in [2.24, 2.45) is 7.05 Å². The zero-order chi connectivity index (χ0) is 30.4. The number of halogens is 1. The summed E-state index contributed by atoms with van der Waals surface area (Å²) in [6.45, 7) is 10.7. The molecule has 1 aromatic heterocycles. The van der Waals surface area contributed by atoms with E-state index >= 15 is 0 Å². The quantitative estimate of drug-likeness (QED) is 0.318. The van der Waals surface area contributed by atoms with Crippen LogP contribution in [0.5, 0.6) is 5.75 Å². The normalized spacial score (nSPS) is 17.0. The maximum Gasteiger partial charge on any atom is 0.257 e. The number of carbonyl (C=O) groups is 2. The van der Waals surface area contributed by atoms with E-state index in [1.54, 1.807) is 57.1 Å². The summed E-state index contributed by atoms with van der Waals surface area (Å²) in [6, 6.07) is 10.3. The molecule has 3 atom stereocenters. The van der Waals surface area contributed by atoms with Crippen LogP contribution in [0.1, 0.15) is 57.4 Å². The monoisotopic (exact) mass is 580 g/mol. The first-order valence-corrected chi connectivity index (χ1v) is 14.2. The van der Waals surface area contributed by atoms with Gasteiger partial charge in [-0.05, 0) is 62.6 Å². The average molecular weight is 581 g/mol. The number of hydrogen-bond acceptors (Lipinski definition) is 7. The summed E-state index contributed by atoms with van der Waals surface area (Å²) in [6.07, 6.45) is 0.943. The van der Waals surface area contributed by atoms with Crippen molar-refractivity contribution in [1.29, 1.82) is 0 Å². The number of methoxy groups -OCH3 is 1. The number of benzene rings is 2. The van der Waals surface area contributed by atoms with E-state index in [9.17, 15) is 14.0 Å². The Kier molecular flexibility index (Phi) is 10.3.